The Morgan fingerprint density at radius 2 is 2.06 bits per heavy atom. The number of fused-ring (bicyclic) bond motifs is 1. The fourth-order valence-corrected chi connectivity index (χ4v) is 1.86. The van der Waals surface area contributed by atoms with Gasteiger partial charge in [0.2, 0.25) is 0 Å². The van der Waals surface area contributed by atoms with E-state index >= 15 is 0 Å². The average molecular weight is 249 g/mol. The van der Waals surface area contributed by atoms with Crippen LogP contribution in [0.3, 0.4) is 0 Å². The van der Waals surface area contributed by atoms with E-state index in [1.54, 1.807) is 0 Å². The highest BCUT2D eigenvalue weighted by Gasteiger charge is 2.01. The van der Waals surface area contributed by atoms with Crippen LogP contribution in [0, 0.1) is 0 Å². The molecule has 0 spiro atoms. The highest BCUT2D eigenvalue weighted by molar-refractivity contribution is 5.72. The summed E-state index contributed by atoms with van der Waals surface area (Å²) in [7, 11) is 0. The lowest BCUT2D eigenvalue weighted by molar-refractivity contribution is 0.555. The van der Waals surface area contributed by atoms with Gasteiger partial charge in [0.1, 0.15) is 0 Å². The zero-order chi connectivity index (χ0) is 12.8. The Hall–Kier alpha value is -1.59. The molecular formula is C13H19N3O2. The number of aromatic amines is 1. The van der Waals surface area contributed by atoms with Gasteiger partial charge >= 0.3 is 5.76 Å². The minimum atomic E-state index is -0.397. The zero-order valence-electron chi connectivity index (χ0n) is 10.6. The molecule has 0 aliphatic rings. The number of H-pyrrole nitrogens is 1. The van der Waals surface area contributed by atoms with Crippen molar-refractivity contribution in [2.24, 2.45) is 0 Å². The summed E-state index contributed by atoms with van der Waals surface area (Å²) in [5, 5.41) is 6.62. The molecule has 1 heterocycles. The summed E-state index contributed by atoms with van der Waals surface area (Å²) in [6.07, 6.45) is 0.928. The maximum Gasteiger partial charge on any atom is 0.417 e. The molecule has 2 rings (SSSR count). The van der Waals surface area contributed by atoms with Crippen LogP contribution in [0.5, 0.6) is 0 Å². The van der Waals surface area contributed by atoms with Crippen LogP contribution in [0.4, 0.5) is 0 Å². The first-order valence-electron chi connectivity index (χ1n) is 6.33. The van der Waals surface area contributed by atoms with Crippen molar-refractivity contribution in [3.05, 3.63) is 34.3 Å². The Labute approximate surface area is 106 Å². The van der Waals surface area contributed by atoms with Crippen LogP contribution in [-0.4, -0.2) is 31.2 Å². The van der Waals surface area contributed by atoms with Gasteiger partial charge < -0.3 is 15.1 Å². The van der Waals surface area contributed by atoms with Gasteiger partial charge in [-0.1, -0.05) is 13.0 Å². The molecule has 2 aromatic rings. The fraction of sp³-hybridized carbons (Fsp3) is 0.462. The van der Waals surface area contributed by atoms with Gasteiger partial charge in [0, 0.05) is 13.1 Å². The van der Waals surface area contributed by atoms with Crippen molar-refractivity contribution in [1.29, 1.82) is 0 Å². The molecule has 0 radical (unpaired) electrons. The number of rotatable bonds is 7. The van der Waals surface area contributed by atoms with Crippen LogP contribution in [-0.2, 0) is 6.42 Å². The number of nitrogens with one attached hydrogen (secondary N) is 3. The Morgan fingerprint density at radius 3 is 2.89 bits per heavy atom. The Kier molecular flexibility index (Phi) is 4.55. The predicted molar refractivity (Wildman–Crippen MR) is 72.0 cm³/mol. The maximum atomic E-state index is 11.0. The summed E-state index contributed by atoms with van der Waals surface area (Å²) in [6, 6.07) is 5.81. The third kappa shape index (κ3) is 3.45. The molecule has 0 amide bonds. The highest BCUT2D eigenvalue weighted by Crippen LogP contribution is 2.12. The van der Waals surface area contributed by atoms with Crippen LogP contribution < -0.4 is 16.4 Å². The number of hydrogen-bond donors (Lipinski definition) is 3. The summed E-state index contributed by atoms with van der Waals surface area (Å²) in [5.41, 5.74) is 2.55. The monoisotopic (exact) mass is 249 g/mol. The average Bonchev–Trinajstić information content (AvgIpc) is 2.73. The van der Waals surface area contributed by atoms with E-state index in [-0.39, 0.29) is 0 Å². The van der Waals surface area contributed by atoms with Crippen LogP contribution >= 0.6 is 0 Å². The molecule has 0 aliphatic heterocycles. The molecule has 0 saturated carbocycles. The second-order valence-corrected chi connectivity index (χ2v) is 4.20. The van der Waals surface area contributed by atoms with E-state index in [1.165, 1.54) is 5.56 Å². The second kappa shape index (κ2) is 6.37. The van der Waals surface area contributed by atoms with Crippen molar-refractivity contribution in [2.45, 2.75) is 13.3 Å². The molecule has 5 nitrogen and oxygen atoms in total. The van der Waals surface area contributed by atoms with Crippen molar-refractivity contribution < 1.29 is 4.42 Å². The van der Waals surface area contributed by atoms with Crippen LogP contribution in [0.15, 0.2) is 27.4 Å². The van der Waals surface area contributed by atoms with Gasteiger partial charge in [-0.05, 0) is 37.2 Å². The minimum Gasteiger partial charge on any atom is -0.408 e. The SMILES string of the molecule is CCNCCNCCc1ccc2[nH]c(=O)oc2c1. The number of aromatic nitrogens is 1. The molecule has 0 atom stereocenters. The predicted octanol–water partition coefficient (Wildman–Crippen LogP) is 0.863. The summed E-state index contributed by atoms with van der Waals surface area (Å²) >= 11 is 0. The lowest BCUT2D eigenvalue weighted by Gasteiger charge is -2.05. The lowest BCUT2D eigenvalue weighted by Crippen LogP contribution is -2.28. The maximum absolute atomic E-state index is 11.0. The largest absolute Gasteiger partial charge is 0.417 e. The molecule has 1 aromatic heterocycles. The van der Waals surface area contributed by atoms with E-state index in [2.05, 4.69) is 22.5 Å². The van der Waals surface area contributed by atoms with Gasteiger partial charge in [0.05, 0.1) is 5.52 Å². The summed E-state index contributed by atoms with van der Waals surface area (Å²) < 4.78 is 5.03. The summed E-state index contributed by atoms with van der Waals surface area (Å²) in [5.74, 6) is -0.397. The molecule has 1 aromatic carbocycles. The first-order valence-corrected chi connectivity index (χ1v) is 6.33. The van der Waals surface area contributed by atoms with Gasteiger partial charge in [-0.2, -0.15) is 0 Å². The lowest BCUT2D eigenvalue weighted by atomic mass is 10.1. The van der Waals surface area contributed by atoms with E-state index in [4.69, 9.17) is 4.42 Å². The Bertz CT molecular complexity index is 544. The normalized spacial score (nSPS) is 11.2. The quantitative estimate of drug-likeness (QED) is 0.637. The molecule has 3 N–H and O–H groups in total. The van der Waals surface area contributed by atoms with E-state index in [1.807, 2.05) is 18.2 Å². The van der Waals surface area contributed by atoms with Crippen LogP contribution in [0.1, 0.15) is 12.5 Å². The van der Waals surface area contributed by atoms with Crippen molar-refractivity contribution in [1.82, 2.24) is 15.6 Å². The molecule has 0 unspecified atom stereocenters. The van der Waals surface area contributed by atoms with Crippen molar-refractivity contribution in [3.8, 4) is 0 Å². The topological polar surface area (TPSA) is 70.1 Å². The van der Waals surface area contributed by atoms with Gasteiger partial charge in [-0.3, -0.25) is 4.98 Å². The van der Waals surface area contributed by atoms with Crippen LogP contribution in [0.25, 0.3) is 11.1 Å². The third-order valence-electron chi connectivity index (χ3n) is 2.80. The van der Waals surface area contributed by atoms with Crippen molar-refractivity contribution in [3.63, 3.8) is 0 Å². The fourth-order valence-electron chi connectivity index (χ4n) is 1.86. The summed E-state index contributed by atoms with van der Waals surface area (Å²) in [4.78, 5) is 13.6. The van der Waals surface area contributed by atoms with Gasteiger partial charge in [-0.15, -0.1) is 0 Å². The molecule has 5 heteroatoms. The molecule has 0 saturated heterocycles. The molecule has 0 aliphatic carbocycles. The van der Waals surface area contributed by atoms with Crippen molar-refractivity contribution in [2.75, 3.05) is 26.2 Å². The molecule has 0 bridgehead atoms. The molecule has 18 heavy (non-hydrogen) atoms. The number of benzene rings is 1. The Balaban J connectivity index is 1.82. The van der Waals surface area contributed by atoms with E-state index in [0.29, 0.717) is 5.58 Å². The standard InChI is InChI=1S/C13H19N3O2/c1-2-14-7-8-15-6-5-10-3-4-11-12(9-10)18-13(17)16-11/h3-4,9,14-15H,2,5-8H2,1H3,(H,16,17). The molecule has 98 valence electrons. The summed E-state index contributed by atoms with van der Waals surface area (Å²) in [6.45, 7) is 5.98. The number of likely N-dealkylation sites (N-methyl/N-ethyl adjacent to an activating group) is 1. The smallest absolute Gasteiger partial charge is 0.408 e. The van der Waals surface area contributed by atoms with Gasteiger partial charge in [-0.25, -0.2) is 4.79 Å². The van der Waals surface area contributed by atoms with Gasteiger partial charge in [0.25, 0.3) is 0 Å². The molecule has 0 fully saturated rings. The zero-order valence-corrected chi connectivity index (χ0v) is 10.6. The first kappa shape index (κ1) is 12.9. The highest BCUT2D eigenvalue weighted by atomic mass is 16.4. The van der Waals surface area contributed by atoms with E-state index in [9.17, 15) is 4.79 Å². The van der Waals surface area contributed by atoms with E-state index in [0.717, 1.165) is 38.1 Å². The second-order valence-electron chi connectivity index (χ2n) is 4.20. The molecular weight excluding hydrogens is 230 g/mol. The van der Waals surface area contributed by atoms with E-state index < -0.39 is 5.76 Å². The number of oxazole rings is 1. The first-order chi connectivity index (χ1) is 8.79. The minimum absolute atomic E-state index is 0.397. The van der Waals surface area contributed by atoms with Crippen molar-refractivity contribution >= 4 is 11.1 Å². The van der Waals surface area contributed by atoms with Gasteiger partial charge in [0.15, 0.2) is 5.58 Å². The third-order valence-corrected chi connectivity index (χ3v) is 2.80. The van der Waals surface area contributed by atoms with Crippen LogP contribution in [0.2, 0.25) is 0 Å². The number of hydrogen-bond acceptors (Lipinski definition) is 4. The Morgan fingerprint density at radius 1 is 1.22 bits per heavy atom.